The first kappa shape index (κ1) is 16.4. The SMILES string of the molecule is COCCOCCCC(CN)Cc1cccc(Cl)c1. The molecule has 1 atom stereocenters. The van der Waals surface area contributed by atoms with E-state index in [1.807, 2.05) is 18.2 Å². The molecule has 108 valence electrons. The third-order valence-electron chi connectivity index (χ3n) is 3.08. The second-order valence-electron chi connectivity index (χ2n) is 4.68. The highest BCUT2D eigenvalue weighted by Gasteiger charge is 2.08. The van der Waals surface area contributed by atoms with Gasteiger partial charge in [-0.3, -0.25) is 0 Å². The zero-order valence-electron chi connectivity index (χ0n) is 11.6. The van der Waals surface area contributed by atoms with Crippen LogP contribution in [0.2, 0.25) is 5.02 Å². The molecule has 0 aromatic heterocycles. The smallest absolute Gasteiger partial charge is 0.0700 e. The lowest BCUT2D eigenvalue weighted by Gasteiger charge is -2.15. The van der Waals surface area contributed by atoms with Crippen LogP contribution >= 0.6 is 11.6 Å². The van der Waals surface area contributed by atoms with E-state index in [1.54, 1.807) is 7.11 Å². The Morgan fingerprint density at radius 2 is 2.11 bits per heavy atom. The number of benzene rings is 1. The number of nitrogens with two attached hydrogens (primary N) is 1. The Morgan fingerprint density at radius 1 is 1.26 bits per heavy atom. The van der Waals surface area contributed by atoms with Gasteiger partial charge in [0.1, 0.15) is 0 Å². The minimum absolute atomic E-state index is 0.490. The molecular weight excluding hydrogens is 262 g/mol. The fraction of sp³-hybridized carbons (Fsp3) is 0.600. The molecule has 0 heterocycles. The zero-order valence-corrected chi connectivity index (χ0v) is 12.4. The van der Waals surface area contributed by atoms with E-state index in [-0.39, 0.29) is 0 Å². The highest BCUT2D eigenvalue weighted by Crippen LogP contribution is 2.17. The molecule has 4 heteroatoms. The average Bonchev–Trinajstić information content (AvgIpc) is 2.41. The van der Waals surface area contributed by atoms with E-state index in [0.29, 0.717) is 25.7 Å². The molecule has 0 aliphatic rings. The molecule has 3 nitrogen and oxygen atoms in total. The second kappa shape index (κ2) is 10.2. The molecule has 0 fully saturated rings. The summed E-state index contributed by atoms with van der Waals surface area (Å²) in [6.07, 6.45) is 3.09. The first-order valence-corrected chi connectivity index (χ1v) is 7.15. The van der Waals surface area contributed by atoms with Crippen LogP contribution in [0.3, 0.4) is 0 Å². The highest BCUT2D eigenvalue weighted by molar-refractivity contribution is 6.30. The minimum Gasteiger partial charge on any atom is -0.382 e. The molecule has 0 aliphatic carbocycles. The number of hydrogen-bond donors (Lipinski definition) is 1. The molecule has 1 unspecified atom stereocenters. The van der Waals surface area contributed by atoms with Crippen LogP contribution in [0.1, 0.15) is 18.4 Å². The van der Waals surface area contributed by atoms with Gasteiger partial charge in [-0.05, 0) is 49.4 Å². The van der Waals surface area contributed by atoms with Crippen molar-refractivity contribution in [3.05, 3.63) is 34.9 Å². The summed E-state index contributed by atoms with van der Waals surface area (Å²) in [6, 6.07) is 7.99. The summed E-state index contributed by atoms with van der Waals surface area (Å²) >= 11 is 5.98. The van der Waals surface area contributed by atoms with Crippen LogP contribution < -0.4 is 5.73 Å². The van der Waals surface area contributed by atoms with Gasteiger partial charge in [0.15, 0.2) is 0 Å². The van der Waals surface area contributed by atoms with Crippen LogP contribution in [0, 0.1) is 5.92 Å². The molecule has 0 spiro atoms. The maximum Gasteiger partial charge on any atom is 0.0700 e. The molecule has 19 heavy (non-hydrogen) atoms. The van der Waals surface area contributed by atoms with Gasteiger partial charge in [-0.15, -0.1) is 0 Å². The van der Waals surface area contributed by atoms with Crippen LogP contribution in [-0.2, 0) is 15.9 Å². The Kier molecular flexibility index (Phi) is 8.84. The summed E-state index contributed by atoms with van der Waals surface area (Å²) in [5, 5.41) is 0.788. The number of halogens is 1. The van der Waals surface area contributed by atoms with Gasteiger partial charge in [-0.2, -0.15) is 0 Å². The molecule has 0 bridgehead atoms. The largest absolute Gasteiger partial charge is 0.382 e. The molecule has 1 aromatic rings. The number of methoxy groups -OCH3 is 1. The monoisotopic (exact) mass is 285 g/mol. The Bertz CT molecular complexity index is 347. The maximum absolute atomic E-state index is 5.98. The zero-order chi connectivity index (χ0) is 13.9. The van der Waals surface area contributed by atoms with Gasteiger partial charge >= 0.3 is 0 Å². The lowest BCUT2D eigenvalue weighted by Crippen LogP contribution is -2.17. The fourth-order valence-electron chi connectivity index (χ4n) is 2.02. The standard InChI is InChI=1S/C15H24ClNO2/c1-18-8-9-19-7-3-5-14(12-17)10-13-4-2-6-15(16)11-13/h2,4,6,11,14H,3,5,7-10,12,17H2,1H3. The average molecular weight is 286 g/mol. The van der Waals surface area contributed by atoms with Crippen molar-refractivity contribution in [1.82, 2.24) is 0 Å². The first-order valence-electron chi connectivity index (χ1n) is 6.77. The Labute approximate surface area is 121 Å². The lowest BCUT2D eigenvalue weighted by atomic mass is 9.95. The quantitative estimate of drug-likeness (QED) is 0.672. The summed E-state index contributed by atoms with van der Waals surface area (Å²) in [6.45, 7) is 2.79. The van der Waals surface area contributed by atoms with Crippen molar-refractivity contribution in [3.8, 4) is 0 Å². The van der Waals surface area contributed by atoms with E-state index in [1.165, 1.54) is 5.56 Å². The minimum atomic E-state index is 0.490. The van der Waals surface area contributed by atoms with Crippen LogP contribution in [-0.4, -0.2) is 33.5 Å². The summed E-state index contributed by atoms with van der Waals surface area (Å²) in [5.74, 6) is 0.490. The molecule has 0 saturated carbocycles. The van der Waals surface area contributed by atoms with Crippen molar-refractivity contribution in [2.24, 2.45) is 11.7 Å². The molecular formula is C15H24ClNO2. The normalized spacial score (nSPS) is 12.6. The lowest BCUT2D eigenvalue weighted by molar-refractivity contribution is 0.0673. The van der Waals surface area contributed by atoms with E-state index in [0.717, 1.165) is 30.9 Å². The van der Waals surface area contributed by atoms with E-state index < -0.39 is 0 Å². The van der Waals surface area contributed by atoms with Crippen LogP contribution in [0.15, 0.2) is 24.3 Å². The second-order valence-corrected chi connectivity index (χ2v) is 5.12. The molecule has 0 amide bonds. The van der Waals surface area contributed by atoms with Gasteiger partial charge in [0, 0.05) is 18.7 Å². The highest BCUT2D eigenvalue weighted by atomic mass is 35.5. The van der Waals surface area contributed by atoms with Gasteiger partial charge in [0.25, 0.3) is 0 Å². The van der Waals surface area contributed by atoms with E-state index in [2.05, 4.69) is 6.07 Å². The van der Waals surface area contributed by atoms with Crippen molar-refractivity contribution in [2.45, 2.75) is 19.3 Å². The van der Waals surface area contributed by atoms with Crippen molar-refractivity contribution in [3.63, 3.8) is 0 Å². The van der Waals surface area contributed by atoms with E-state index in [9.17, 15) is 0 Å². The maximum atomic E-state index is 5.98. The Balaban J connectivity index is 2.22. The summed E-state index contributed by atoms with van der Waals surface area (Å²) in [7, 11) is 1.68. The molecule has 0 saturated heterocycles. The van der Waals surface area contributed by atoms with Crippen molar-refractivity contribution in [1.29, 1.82) is 0 Å². The van der Waals surface area contributed by atoms with Crippen molar-refractivity contribution >= 4 is 11.6 Å². The summed E-state index contributed by atoms with van der Waals surface area (Å²) in [5.41, 5.74) is 7.08. The topological polar surface area (TPSA) is 44.5 Å². The van der Waals surface area contributed by atoms with E-state index >= 15 is 0 Å². The molecule has 0 aliphatic heterocycles. The van der Waals surface area contributed by atoms with Gasteiger partial charge in [0.05, 0.1) is 13.2 Å². The van der Waals surface area contributed by atoms with Gasteiger partial charge < -0.3 is 15.2 Å². The molecule has 0 radical (unpaired) electrons. The van der Waals surface area contributed by atoms with Crippen LogP contribution in [0.5, 0.6) is 0 Å². The summed E-state index contributed by atoms with van der Waals surface area (Å²) < 4.78 is 10.4. The van der Waals surface area contributed by atoms with Crippen LogP contribution in [0.25, 0.3) is 0 Å². The van der Waals surface area contributed by atoms with Gasteiger partial charge in [-0.1, -0.05) is 23.7 Å². The van der Waals surface area contributed by atoms with Gasteiger partial charge in [0.2, 0.25) is 0 Å². The van der Waals surface area contributed by atoms with Crippen molar-refractivity contribution < 1.29 is 9.47 Å². The van der Waals surface area contributed by atoms with Crippen molar-refractivity contribution in [2.75, 3.05) is 33.5 Å². The van der Waals surface area contributed by atoms with Crippen LogP contribution in [0.4, 0.5) is 0 Å². The third-order valence-corrected chi connectivity index (χ3v) is 3.31. The fourth-order valence-corrected chi connectivity index (χ4v) is 2.23. The first-order chi connectivity index (χ1) is 9.26. The molecule has 1 aromatic carbocycles. The number of rotatable bonds is 10. The predicted octanol–water partition coefficient (Wildman–Crippen LogP) is 2.90. The Hall–Kier alpha value is -0.610. The van der Waals surface area contributed by atoms with Gasteiger partial charge in [-0.25, -0.2) is 0 Å². The molecule has 2 N–H and O–H groups in total. The predicted molar refractivity (Wildman–Crippen MR) is 79.6 cm³/mol. The number of hydrogen-bond acceptors (Lipinski definition) is 3. The molecule has 1 rings (SSSR count). The van der Waals surface area contributed by atoms with E-state index in [4.69, 9.17) is 26.8 Å². The Morgan fingerprint density at radius 3 is 2.79 bits per heavy atom. The number of ether oxygens (including phenoxy) is 2. The summed E-state index contributed by atoms with van der Waals surface area (Å²) in [4.78, 5) is 0. The third kappa shape index (κ3) is 7.53.